The summed E-state index contributed by atoms with van der Waals surface area (Å²) in [7, 11) is 0. The minimum absolute atomic E-state index is 0.0253. The number of aryl methyl sites for hydroxylation is 1. The van der Waals surface area contributed by atoms with E-state index in [1.54, 1.807) is 0 Å². The minimum Gasteiger partial charge on any atom is -0.352 e. The van der Waals surface area contributed by atoms with E-state index in [0.717, 1.165) is 35.1 Å². The molecule has 1 aromatic rings. The SMILES string of the molecule is Cc1cc(C(=O)NCCCN2CCCCC2C)ccc1Br. The molecule has 2 rings (SSSR count). The standard InChI is InChI=1S/C17H25BrN2O/c1-13-12-15(7-8-16(13)18)17(21)19-9-5-11-20-10-4-3-6-14(20)2/h7-8,12,14H,3-6,9-11H2,1-2H3,(H,19,21). The molecule has 1 atom stereocenters. The normalized spacial score (nSPS) is 19.5. The van der Waals surface area contributed by atoms with Gasteiger partial charge >= 0.3 is 0 Å². The fourth-order valence-corrected chi connectivity index (χ4v) is 3.11. The Morgan fingerprint density at radius 1 is 1.43 bits per heavy atom. The van der Waals surface area contributed by atoms with Gasteiger partial charge in [-0.15, -0.1) is 0 Å². The predicted octanol–water partition coefficient (Wildman–Crippen LogP) is 3.75. The van der Waals surface area contributed by atoms with Crippen molar-refractivity contribution in [3.8, 4) is 0 Å². The number of carbonyl (C=O) groups excluding carboxylic acids is 1. The van der Waals surface area contributed by atoms with E-state index in [9.17, 15) is 4.79 Å². The molecule has 0 bridgehead atoms. The number of hydrogen-bond donors (Lipinski definition) is 1. The number of halogens is 1. The van der Waals surface area contributed by atoms with Gasteiger partial charge in [0.05, 0.1) is 0 Å². The maximum Gasteiger partial charge on any atom is 0.251 e. The fourth-order valence-electron chi connectivity index (χ4n) is 2.86. The second-order valence-corrected chi connectivity index (χ2v) is 6.81. The molecule has 1 fully saturated rings. The van der Waals surface area contributed by atoms with E-state index in [1.807, 2.05) is 25.1 Å². The number of amides is 1. The van der Waals surface area contributed by atoms with Crippen molar-refractivity contribution in [2.75, 3.05) is 19.6 Å². The molecular formula is C17H25BrN2O. The summed E-state index contributed by atoms with van der Waals surface area (Å²) in [4.78, 5) is 14.6. The summed E-state index contributed by atoms with van der Waals surface area (Å²) in [5.74, 6) is 0.0253. The lowest BCUT2D eigenvalue weighted by atomic mass is 10.0. The van der Waals surface area contributed by atoms with Gasteiger partial charge < -0.3 is 10.2 Å². The van der Waals surface area contributed by atoms with Gasteiger partial charge in [0.1, 0.15) is 0 Å². The molecule has 0 spiro atoms. The Balaban J connectivity index is 1.72. The van der Waals surface area contributed by atoms with Gasteiger partial charge in [0.25, 0.3) is 5.91 Å². The average Bonchev–Trinajstić information content (AvgIpc) is 2.48. The summed E-state index contributed by atoms with van der Waals surface area (Å²) in [5.41, 5.74) is 1.83. The lowest BCUT2D eigenvalue weighted by molar-refractivity contribution is 0.0949. The number of nitrogens with zero attached hydrogens (tertiary/aromatic N) is 1. The Kier molecular flexibility index (Phi) is 6.24. The molecule has 1 N–H and O–H groups in total. The molecular weight excluding hydrogens is 328 g/mol. The van der Waals surface area contributed by atoms with E-state index >= 15 is 0 Å². The van der Waals surface area contributed by atoms with Crippen molar-refractivity contribution in [3.05, 3.63) is 33.8 Å². The molecule has 116 valence electrons. The van der Waals surface area contributed by atoms with Crippen LogP contribution in [0.2, 0.25) is 0 Å². The van der Waals surface area contributed by atoms with Crippen LogP contribution in [0.4, 0.5) is 0 Å². The molecule has 21 heavy (non-hydrogen) atoms. The van der Waals surface area contributed by atoms with Gasteiger partial charge in [0.2, 0.25) is 0 Å². The molecule has 1 amide bonds. The number of rotatable bonds is 5. The second kappa shape index (κ2) is 7.95. The molecule has 4 heteroatoms. The summed E-state index contributed by atoms with van der Waals surface area (Å²) in [5, 5.41) is 3.02. The highest BCUT2D eigenvalue weighted by Crippen LogP contribution is 2.17. The van der Waals surface area contributed by atoms with Crippen LogP contribution in [-0.4, -0.2) is 36.5 Å². The third-order valence-corrected chi connectivity index (χ3v) is 5.16. The summed E-state index contributed by atoms with van der Waals surface area (Å²) in [6.45, 7) is 7.35. The van der Waals surface area contributed by atoms with Crippen molar-refractivity contribution in [1.82, 2.24) is 10.2 Å². The van der Waals surface area contributed by atoms with Crippen molar-refractivity contribution < 1.29 is 4.79 Å². The Morgan fingerprint density at radius 2 is 2.24 bits per heavy atom. The van der Waals surface area contributed by atoms with Crippen molar-refractivity contribution in [1.29, 1.82) is 0 Å². The van der Waals surface area contributed by atoms with Crippen LogP contribution in [0.15, 0.2) is 22.7 Å². The first-order chi connectivity index (χ1) is 10.1. The van der Waals surface area contributed by atoms with Gasteiger partial charge in [-0.1, -0.05) is 22.4 Å². The van der Waals surface area contributed by atoms with E-state index in [1.165, 1.54) is 25.8 Å². The molecule has 3 nitrogen and oxygen atoms in total. The molecule has 0 aromatic heterocycles. The second-order valence-electron chi connectivity index (χ2n) is 5.95. The highest BCUT2D eigenvalue weighted by Gasteiger charge is 2.17. The first-order valence-corrected chi connectivity index (χ1v) is 8.65. The number of benzene rings is 1. The number of likely N-dealkylation sites (tertiary alicyclic amines) is 1. The summed E-state index contributed by atoms with van der Waals surface area (Å²) in [6.07, 6.45) is 5.00. The molecule has 1 heterocycles. The van der Waals surface area contributed by atoms with Crippen molar-refractivity contribution in [2.24, 2.45) is 0 Å². The lowest BCUT2D eigenvalue weighted by Gasteiger charge is -2.33. The third kappa shape index (κ3) is 4.82. The van der Waals surface area contributed by atoms with E-state index in [-0.39, 0.29) is 5.91 Å². The smallest absolute Gasteiger partial charge is 0.251 e. The van der Waals surface area contributed by atoms with Gasteiger partial charge in [-0.25, -0.2) is 0 Å². The fraction of sp³-hybridized carbons (Fsp3) is 0.588. The molecule has 0 saturated carbocycles. The van der Waals surface area contributed by atoms with Gasteiger partial charge in [0, 0.05) is 29.2 Å². The van der Waals surface area contributed by atoms with E-state index in [0.29, 0.717) is 6.04 Å². The molecule has 1 unspecified atom stereocenters. The Labute approximate surface area is 136 Å². The Hall–Kier alpha value is -0.870. The highest BCUT2D eigenvalue weighted by atomic mass is 79.9. The monoisotopic (exact) mass is 352 g/mol. The largest absolute Gasteiger partial charge is 0.352 e. The van der Waals surface area contributed by atoms with Gasteiger partial charge in [-0.2, -0.15) is 0 Å². The zero-order chi connectivity index (χ0) is 15.2. The maximum absolute atomic E-state index is 12.1. The van der Waals surface area contributed by atoms with Crippen LogP contribution in [0.3, 0.4) is 0 Å². The number of nitrogens with one attached hydrogen (secondary N) is 1. The minimum atomic E-state index is 0.0253. The zero-order valence-corrected chi connectivity index (χ0v) is 14.6. The van der Waals surface area contributed by atoms with Crippen LogP contribution in [-0.2, 0) is 0 Å². The first-order valence-electron chi connectivity index (χ1n) is 7.86. The summed E-state index contributed by atoms with van der Waals surface area (Å²) < 4.78 is 1.04. The molecule has 1 aromatic carbocycles. The Bertz CT molecular complexity index is 490. The quantitative estimate of drug-likeness (QED) is 0.818. The van der Waals surface area contributed by atoms with Crippen molar-refractivity contribution in [2.45, 2.75) is 45.6 Å². The van der Waals surface area contributed by atoms with Gasteiger partial charge in [0.15, 0.2) is 0 Å². The molecule has 1 aliphatic heterocycles. The number of hydrogen-bond acceptors (Lipinski definition) is 2. The summed E-state index contributed by atoms with van der Waals surface area (Å²) in [6, 6.07) is 6.41. The van der Waals surface area contributed by atoms with E-state index in [2.05, 4.69) is 33.1 Å². The van der Waals surface area contributed by atoms with Crippen LogP contribution in [0.1, 0.15) is 48.5 Å². The molecule has 0 aliphatic carbocycles. The van der Waals surface area contributed by atoms with Crippen molar-refractivity contribution in [3.63, 3.8) is 0 Å². The van der Waals surface area contributed by atoms with Crippen LogP contribution in [0.5, 0.6) is 0 Å². The average molecular weight is 353 g/mol. The van der Waals surface area contributed by atoms with Crippen LogP contribution in [0, 0.1) is 6.92 Å². The summed E-state index contributed by atoms with van der Waals surface area (Å²) >= 11 is 3.45. The molecule has 1 aliphatic rings. The van der Waals surface area contributed by atoms with E-state index < -0.39 is 0 Å². The van der Waals surface area contributed by atoms with Gasteiger partial charge in [-0.05, 0) is 63.4 Å². The molecule has 0 radical (unpaired) electrons. The Morgan fingerprint density at radius 3 is 2.95 bits per heavy atom. The highest BCUT2D eigenvalue weighted by molar-refractivity contribution is 9.10. The van der Waals surface area contributed by atoms with E-state index in [4.69, 9.17) is 0 Å². The topological polar surface area (TPSA) is 32.3 Å². The van der Waals surface area contributed by atoms with Crippen LogP contribution < -0.4 is 5.32 Å². The zero-order valence-electron chi connectivity index (χ0n) is 13.0. The molecule has 1 saturated heterocycles. The first kappa shape index (κ1) is 16.5. The van der Waals surface area contributed by atoms with Gasteiger partial charge in [-0.3, -0.25) is 4.79 Å². The number of piperidine rings is 1. The maximum atomic E-state index is 12.1. The van der Waals surface area contributed by atoms with Crippen molar-refractivity contribution >= 4 is 21.8 Å². The predicted molar refractivity (Wildman–Crippen MR) is 90.7 cm³/mol. The van der Waals surface area contributed by atoms with Crippen LogP contribution >= 0.6 is 15.9 Å². The lowest BCUT2D eigenvalue weighted by Crippen LogP contribution is -2.39. The third-order valence-electron chi connectivity index (χ3n) is 4.27. The number of carbonyl (C=O) groups is 1. The van der Waals surface area contributed by atoms with Crippen LogP contribution in [0.25, 0.3) is 0 Å².